The number of pyridine rings is 1. The highest BCUT2D eigenvalue weighted by molar-refractivity contribution is 5.89. The van der Waals surface area contributed by atoms with E-state index < -0.39 is 77.0 Å². The summed E-state index contributed by atoms with van der Waals surface area (Å²) < 4.78 is 84.8. The smallest absolute Gasteiger partial charge is 0.426 e. The molecule has 2 aromatic rings. The molecule has 0 aliphatic heterocycles. The Labute approximate surface area is 215 Å². The predicted molar refractivity (Wildman–Crippen MR) is 127 cm³/mol. The maximum absolute atomic E-state index is 13.9. The summed E-state index contributed by atoms with van der Waals surface area (Å²) >= 11 is 0. The molecular weight excluding hydrogens is 519 g/mol. The van der Waals surface area contributed by atoms with E-state index >= 15 is 0 Å². The number of halogens is 5. The van der Waals surface area contributed by atoms with Gasteiger partial charge in [0.1, 0.15) is 11.7 Å². The van der Waals surface area contributed by atoms with Crippen molar-refractivity contribution >= 4 is 11.8 Å². The first-order valence-electron chi connectivity index (χ1n) is 11.4. The van der Waals surface area contributed by atoms with Crippen molar-refractivity contribution in [3.8, 4) is 17.5 Å². The summed E-state index contributed by atoms with van der Waals surface area (Å²) in [5.41, 5.74) is -6.17. The minimum atomic E-state index is -5.21. The van der Waals surface area contributed by atoms with Crippen LogP contribution in [-0.4, -0.2) is 44.3 Å². The molecule has 9 nitrogen and oxygen atoms in total. The molecule has 210 valence electrons. The zero-order valence-electron chi connectivity index (χ0n) is 21.2. The zero-order valence-corrected chi connectivity index (χ0v) is 21.2. The lowest BCUT2D eigenvalue weighted by Crippen LogP contribution is -2.42. The maximum Gasteiger partial charge on any atom is 0.426 e. The standard InChI is InChI=1S/C24H29F5N4O5/c1-7-9-11-23(35,24(27,28)29)20-33-32-19(37-20)16-15(30-21(34)38-22(4,5)6)12-14(17(25)26)18(31-16)36-13(3)10-8-2/h7-8,12-13,17,35H,1-2,9-11H2,3-6H3,(H,30,34)/t13-,23-/m1/s1. The van der Waals surface area contributed by atoms with Crippen LogP contribution in [0.3, 0.4) is 0 Å². The number of hydrogen-bond acceptors (Lipinski definition) is 8. The molecule has 0 aromatic carbocycles. The van der Waals surface area contributed by atoms with E-state index in [1.165, 1.54) is 6.08 Å². The summed E-state index contributed by atoms with van der Waals surface area (Å²) in [5, 5.41) is 19.5. The lowest BCUT2D eigenvalue weighted by atomic mass is 9.97. The van der Waals surface area contributed by atoms with Crippen LogP contribution in [-0.2, 0) is 10.3 Å². The number of aliphatic hydroxyl groups is 1. The third-order valence-corrected chi connectivity index (χ3v) is 4.86. The minimum absolute atomic E-state index is 0.250. The second-order valence-corrected chi connectivity index (χ2v) is 9.26. The number of amides is 1. The van der Waals surface area contributed by atoms with Gasteiger partial charge in [-0.15, -0.1) is 23.4 Å². The molecule has 1 amide bonds. The summed E-state index contributed by atoms with van der Waals surface area (Å²) in [7, 11) is 0. The summed E-state index contributed by atoms with van der Waals surface area (Å²) in [5.74, 6) is -2.52. The van der Waals surface area contributed by atoms with E-state index in [4.69, 9.17) is 13.9 Å². The van der Waals surface area contributed by atoms with Crippen LogP contribution in [0.4, 0.5) is 32.4 Å². The molecule has 0 unspecified atom stereocenters. The van der Waals surface area contributed by atoms with Crippen LogP contribution in [0.2, 0.25) is 0 Å². The largest absolute Gasteiger partial charge is 0.474 e. The summed E-state index contributed by atoms with van der Waals surface area (Å²) in [6.45, 7) is 13.1. The molecule has 2 heterocycles. The topological polar surface area (TPSA) is 120 Å². The Morgan fingerprint density at radius 1 is 1.21 bits per heavy atom. The Balaban J connectivity index is 2.70. The number of rotatable bonds is 11. The number of nitrogens with one attached hydrogen (secondary N) is 1. The predicted octanol–water partition coefficient (Wildman–Crippen LogP) is 6.48. The van der Waals surface area contributed by atoms with Gasteiger partial charge in [-0.25, -0.2) is 18.6 Å². The SMILES string of the molecule is C=CCC[C@@](O)(c1nnc(-c2nc(O[C@H](C)CC=C)c(C(F)F)cc2NC(=O)OC(C)(C)C)o1)C(F)(F)F. The molecule has 14 heteroatoms. The van der Waals surface area contributed by atoms with Crippen LogP contribution in [0.5, 0.6) is 5.88 Å². The number of aromatic nitrogens is 3. The Bertz CT molecular complexity index is 1150. The molecule has 2 N–H and O–H groups in total. The minimum Gasteiger partial charge on any atom is -0.474 e. The number of carbonyl (C=O) groups is 1. The molecule has 2 aromatic heterocycles. The molecule has 0 saturated heterocycles. The third-order valence-electron chi connectivity index (χ3n) is 4.86. The lowest BCUT2D eigenvalue weighted by molar-refractivity contribution is -0.276. The van der Waals surface area contributed by atoms with Gasteiger partial charge >= 0.3 is 12.3 Å². The summed E-state index contributed by atoms with van der Waals surface area (Å²) in [6.07, 6.45) is -8.30. The van der Waals surface area contributed by atoms with Crippen molar-refractivity contribution in [2.75, 3.05) is 5.32 Å². The quantitative estimate of drug-likeness (QED) is 0.242. The third kappa shape index (κ3) is 7.49. The van der Waals surface area contributed by atoms with Gasteiger partial charge < -0.3 is 19.0 Å². The second kappa shape index (κ2) is 11.9. The van der Waals surface area contributed by atoms with Gasteiger partial charge in [0, 0.05) is 6.42 Å². The van der Waals surface area contributed by atoms with Gasteiger partial charge in [-0.05, 0) is 46.6 Å². The first-order chi connectivity index (χ1) is 17.5. The Hall–Kier alpha value is -3.55. The highest BCUT2D eigenvalue weighted by Crippen LogP contribution is 2.43. The van der Waals surface area contributed by atoms with E-state index in [-0.39, 0.29) is 12.8 Å². The first-order valence-corrected chi connectivity index (χ1v) is 11.4. The Kier molecular flexibility index (Phi) is 9.59. The molecule has 2 atom stereocenters. The van der Waals surface area contributed by atoms with E-state index in [1.54, 1.807) is 27.7 Å². The van der Waals surface area contributed by atoms with E-state index in [0.717, 1.165) is 12.1 Å². The number of allylic oxidation sites excluding steroid dienone is 1. The molecule has 2 rings (SSSR count). The van der Waals surface area contributed by atoms with Crippen LogP contribution in [0.1, 0.15) is 64.8 Å². The van der Waals surface area contributed by atoms with E-state index in [2.05, 4.69) is 33.7 Å². The fraction of sp³-hybridized carbons (Fsp3) is 0.500. The van der Waals surface area contributed by atoms with Crippen molar-refractivity contribution in [3.05, 3.63) is 42.8 Å². The number of anilines is 1. The molecule has 0 bridgehead atoms. The first kappa shape index (κ1) is 30.7. The Morgan fingerprint density at radius 2 is 1.87 bits per heavy atom. The fourth-order valence-corrected chi connectivity index (χ4v) is 3.07. The summed E-state index contributed by atoms with van der Waals surface area (Å²) in [4.78, 5) is 16.4. The van der Waals surface area contributed by atoms with Gasteiger partial charge in [-0.1, -0.05) is 12.2 Å². The molecule has 0 radical (unpaired) electrons. The van der Waals surface area contributed by atoms with E-state index in [0.29, 0.717) is 0 Å². The Morgan fingerprint density at radius 3 is 2.39 bits per heavy atom. The number of ether oxygens (including phenoxy) is 2. The van der Waals surface area contributed by atoms with Gasteiger partial charge in [0.15, 0.2) is 5.69 Å². The van der Waals surface area contributed by atoms with Crippen molar-refractivity contribution in [1.29, 1.82) is 0 Å². The zero-order chi connectivity index (χ0) is 28.9. The van der Waals surface area contributed by atoms with Gasteiger partial charge in [-0.2, -0.15) is 13.2 Å². The van der Waals surface area contributed by atoms with Crippen molar-refractivity contribution in [3.63, 3.8) is 0 Å². The molecular formula is C24H29F5N4O5. The molecule has 0 aliphatic rings. The van der Waals surface area contributed by atoms with Crippen molar-refractivity contribution in [2.45, 2.75) is 76.9 Å². The van der Waals surface area contributed by atoms with Crippen LogP contribution >= 0.6 is 0 Å². The van der Waals surface area contributed by atoms with E-state index in [1.807, 2.05) is 0 Å². The van der Waals surface area contributed by atoms with Gasteiger partial charge in [-0.3, -0.25) is 5.32 Å². The van der Waals surface area contributed by atoms with Crippen LogP contribution < -0.4 is 10.1 Å². The molecule has 0 saturated carbocycles. The molecule has 38 heavy (non-hydrogen) atoms. The monoisotopic (exact) mass is 548 g/mol. The number of hydrogen-bond donors (Lipinski definition) is 2. The van der Waals surface area contributed by atoms with E-state index in [9.17, 15) is 31.9 Å². The molecule has 0 aliphatic carbocycles. The fourth-order valence-electron chi connectivity index (χ4n) is 3.07. The van der Waals surface area contributed by atoms with Crippen molar-refractivity contribution < 1.29 is 45.7 Å². The number of alkyl halides is 5. The normalized spacial score (nSPS) is 14.5. The average Bonchev–Trinajstić information content (AvgIpc) is 3.26. The van der Waals surface area contributed by atoms with Gasteiger partial charge in [0.05, 0.1) is 11.3 Å². The van der Waals surface area contributed by atoms with Crippen LogP contribution in [0.25, 0.3) is 11.6 Å². The number of carbonyl (C=O) groups excluding carboxylic acids is 1. The van der Waals surface area contributed by atoms with Crippen molar-refractivity contribution in [1.82, 2.24) is 15.2 Å². The second-order valence-electron chi connectivity index (χ2n) is 9.26. The molecule has 0 spiro atoms. The highest BCUT2D eigenvalue weighted by atomic mass is 19.4. The van der Waals surface area contributed by atoms with Crippen LogP contribution in [0, 0.1) is 0 Å². The van der Waals surface area contributed by atoms with Gasteiger partial charge in [0.2, 0.25) is 11.5 Å². The van der Waals surface area contributed by atoms with Crippen molar-refractivity contribution in [2.24, 2.45) is 0 Å². The maximum atomic E-state index is 13.9. The lowest BCUT2D eigenvalue weighted by Gasteiger charge is -2.26. The summed E-state index contributed by atoms with van der Waals surface area (Å²) in [6, 6.07) is 0.810. The number of nitrogens with zero attached hydrogens (tertiary/aromatic N) is 3. The average molecular weight is 549 g/mol. The molecule has 0 fully saturated rings. The van der Waals surface area contributed by atoms with Crippen LogP contribution in [0.15, 0.2) is 35.8 Å². The van der Waals surface area contributed by atoms with Gasteiger partial charge in [0.25, 0.3) is 18.2 Å². The highest BCUT2D eigenvalue weighted by Gasteiger charge is 2.58.